The van der Waals surface area contributed by atoms with Crippen LogP contribution in [0.5, 0.6) is 0 Å². The van der Waals surface area contributed by atoms with E-state index in [0.717, 1.165) is 5.56 Å². The standard InChI is InChI=1S/C20H24FN3O2/c1-15(16-7-4-3-5-8-16)12-22-19(25)13-24(2)14-20(26)23-18-10-6-9-17(21)11-18/h3-11,15H,12-14H2,1-2H3,(H,22,25)(H,23,26)/t15-/m1/s1. The lowest BCUT2D eigenvalue weighted by molar-refractivity contribution is -0.123. The fourth-order valence-electron chi connectivity index (χ4n) is 2.54. The fourth-order valence-corrected chi connectivity index (χ4v) is 2.54. The Morgan fingerprint density at radius 1 is 1.04 bits per heavy atom. The zero-order chi connectivity index (χ0) is 18.9. The molecule has 2 N–H and O–H groups in total. The number of halogens is 1. The highest BCUT2D eigenvalue weighted by molar-refractivity contribution is 5.92. The van der Waals surface area contributed by atoms with Gasteiger partial charge in [-0.2, -0.15) is 0 Å². The Morgan fingerprint density at radius 3 is 2.42 bits per heavy atom. The predicted octanol–water partition coefficient (Wildman–Crippen LogP) is 2.62. The average molecular weight is 357 g/mol. The summed E-state index contributed by atoms with van der Waals surface area (Å²) in [6.07, 6.45) is 0. The third-order valence-electron chi connectivity index (χ3n) is 3.91. The molecule has 0 aliphatic heterocycles. The van der Waals surface area contributed by atoms with Gasteiger partial charge < -0.3 is 10.6 Å². The fraction of sp³-hybridized carbons (Fsp3) is 0.300. The Morgan fingerprint density at radius 2 is 1.73 bits per heavy atom. The molecule has 0 aliphatic rings. The van der Waals surface area contributed by atoms with E-state index in [-0.39, 0.29) is 30.8 Å². The van der Waals surface area contributed by atoms with Crippen molar-refractivity contribution in [1.82, 2.24) is 10.2 Å². The van der Waals surface area contributed by atoms with E-state index in [0.29, 0.717) is 12.2 Å². The summed E-state index contributed by atoms with van der Waals surface area (Å²) in [7, 11) is 1.69. The number of nitrogens with one attached hydrogen (secondary N) is 2. The lowest BCUT2D eigenvalue weighted by atomic mass is 10.0. The van der Waals surface area contributed by atoms with E-state index in [1.54, 1.807) is 18.0 Å². The first-order chi connectivity index (χ1) is 12.4. The van der Waals surface area contributed by atoms with Crippen LogP contribution in [0.1, 0.15) is 18.4 Å². The summed E-state index contributed by atoms with van der Waals surface area (Å²) < 4.78 is 13.1. The Kier molecular flexibility index (Phi) is 7.29. The van der Waals surface area contributed by atoms with Crippen LogP contribution in [-0.4, -0.2) is 43.4 Å². The quantitative estimate of drug-likeness (QED) is 0.763. The lowest BCUT2D eigenvalue weighted by Crippen LogP contribution is -2.39. The van der Waals surface area contributed by atoms with Crippen molar-refractivity contribution in [1.29, 1.82) is 0 Å². The molecule has 1 atom stereocenters. The SMILES string of the molecule is C[C@H](CNC(=O)CN(C)CC(=O)Nc1cccc(F)c1)c1ccccc1. The molecule has 2 aromatic carbocycles. The number of carbonyl (C=O) groups excluding carboxylic acids is 2. The van der Waals surface area contributed by atoms with Gasteiger partial charge in [-0.25, -0.2) is 4.39 Å². The molecule has 5 nitrogen and oxygen atoms in total. The van der Waals surface area contributed by atoms with Gasteiger partial charge in [0.25, 0.3) is 0 Å². The van der Waals surface area contributed by atoms with Crippen LogP contribution >= 0.6 is 0 Å². The van der Waals surface area contributed by atoms with Crippen molar-refractivity contribution >= 4 is 17.5 Å². The molecule has 0 heterocycles. The van der Waals surface area contributed by atoms with Crippen molar-refractivity contribution in [3.63, 3.8) is 0 Å². The van der Waals surface area contributed by atoms with Crippen LogP contribution in [0.4, 0.5) is 10.1 Å². The van der Waals surface area contributed by atoms with E-state index < -0.39 is 5.82 Å². The van der Waals surface area contributed by atoms with Gasteiger partial charge in [0, 0.05) is 12.2 Å². The van der Waals surface area contributed by atoms with E-state index in [9.17, 15) is 14.0 Å². The Hall–Kier alpha value is -2.73. The van der Waals surface area contributed by atoms with Gasteiger partial charge in [0.1, 0.15) is 5.82 Å². The number of likely N-dealkylation sites (N-methyl/N-ethyl adjacent to an activating group) is 1. The molecule has 2 rings (SSSR count). The van der Waals surface area contributed by atoms with Crippen LogP contribution in [0.2, 0.25) is 0 Å². The molecule has 0 saturated carbocycles. The zero-order valence-corrected chi connectivity index (χ0v) is 15.0. The Bertz CT molecular complexity index is 737. The smallest absolute Gasteiger partial charge is 0.238 e. The average Bonchev–Trinajstić information content (AvgIpc) is 2.60. The highest BCUT2D eigenvalue weighted by atomic mass is 19.1. The van der Waals surface area contributed by atoms with Crippen molar-refractivity contribution in [2.75, 3.05) is 32.0 Å². The molecule has 0 spiro atoms. The molecule has 0 aliphatic carbocycles. The molecule has 2 amide bonds. The van der Waals surface area contributed by atoms with E-state index >= 15 is 0 Å². The first-order valence-corrected chi connectivity index (χ1v) is 8.49. The highest BCUT2D eigenvalue weighted by Gasteiger charge is 2.12. The molecule has 0 bridgehead atoms. The number of rotatable bonds is 8. The molecule has 138 valence electrons. The summed E-state index contributed by atoms with van der Waals surface area (Å²) in [5.74, 6) is -0.651. The van der Waals surface area contributed by atoms with E-state index in [2.05, 4.69) is 10.6 Å². The Balaban J connectivity index is 1.72. The second-order valence-corrected chi connectivity index (χ2v) is 6.35. The van der Waals surface area contributed by atoms with Crippen LogP contribution in [-0.2, 0) is 9.59 Å². The minimum atomic E-state index is -0.414. The summed E-state index contributed by atoms with van der Waals surface area (Å²) in [5, 5.41) is 5.49. The van der Waals surface area contributed by atoms with E-state index in [4.69, 9.17) is 0 Å². The number of nitrogens with zero attached hydrogens (tertiary/aromatic N) is 1. The molecule has 0 unspecified atom stereocenters. The molecule has 0 fully saturated rings. The molecular weight excluding hydrogens is 333 g/mol. The van der Waals surface area contributed by atoms with E-state index in [1.807, 2.05) is 37.3 Å². The van der Waals surface area contributed by atoms with Crippen LogP contribution in [0.15, 0.2) is 54.6 Å². The summed E-state index contributed by atoms with van der Waals surface area (Å²) >= 11 is 0. The number of anilines is 1. The molecule has 0 saturated heterocycles. The number of hydrogen-bond acceptors (Lipinski definition) is 3. The normalized spacial score (nSPS) is 11.8. The van der Waals surface area contributed by atoms with Crippen molar-refractivity contribution in [2.24, 2.45) is 0 Å². The van der Waals surface area contributed by atoms with Gasteiger partial charge in [-0.05, 0) is 36.7 Å². The second-order valence-electron chi connectivity index (χ2n) is 6.35. The largest absolute Gasteiger partial charge is 0.354 e. The van der Waals surface area contributed by atoms with Gasteiger partial charge in [0.15, 0.2) is 0 Å². The van der Waals surface area contributed by atoms with Crippen molar-refractivity contribution in [2.45, 2.75) is 12.8 Å². The van der Waals surface area contributed by atoms with Gasteiger partial charge in [-0.3, -0.25) is 14.5 Å². The summed E-state index contributed by atoms with van der Waals surface area (Å²) in [4.78, 5) is 25.6. The molecular formula is C20H24FN3O2. The van der Waals surface area contributed by atoms with Gasteiger partial charge in [0.2, 0.25) is 11.8 Å². The monoisotopic (exact) mass is 357 g/mol. The number of carbonyl (C=O) groups is 2. The van der Waals surface area contributed by atoms with Crippen LogP contribution in [0, 0.1) is 5.82 Å². The van der Waals surface area contributed by atoms with Crippen LogP contribution < -0.4 is 10.6 Å². The first kappa shape index (κ1) is 19.6. The summed E-state index contributed by atoms with van der Waals surface area (Å²) in [5.41, 5.74) is 1.56. The molecule has 2 aromatic rings. The molecule has 6 heteroatoms. The van der Waals surface area contributed by atoms with Crippen molar-refractivity contribution in [3.8, 4) is 0 Å². The number of hydrogen-bond donors (Lipinski definition) is 2. The first-order valence-electron chi connectivity index (χ1n) is 8.49. The van der Waals surface area contributed by atoms with Gasteiger partial charge >= 0.3 is 0 Å². The second kappa shape index (κ2) is 9.68. The maximum atomic E-state index is 13.1. The summed E-state index contributed by atoms with van der Waals surface area (Å²) in [6.45, 7) is 2.73. The minimum Gasteiger partial charge on any atom is -0.354 e. The number of benzene rings is 2. The maximum Gasteiger partial charge on any atom is 0.238 e. The molecule has 0 aromatic heterocycles. The van der Waals surface area contributed by atoms with Crippen molar-refractivity contribution < 1.29 is 14.0 Å². The van der Waals surface area contributed by atoms with Crippen LogP contribution in [0.25, 0.3) is 0 Å². The maximum absolute atomic E-state index is 13.1. The minimum absolute atomic E-state index is 0.0399. The van der Waals surface area contributed by atoms with Gasteiger partial charge in [-0.1, -0.05) is 43.3 Å². The zero-order valence-electron chi connectivity index (χ0n) is 15.0. The summed E-state index contributed by atoms with van der Waals surface area (Å²) in [6, 6.07) is 15.6. The third kappa shape index (κ3) is 6.64. The lowest BCUT2D eigenvalue weighted by Gasteiger charge is -2.17. The molecule has 0 radical (unpaired) electrons. The van der Waals surface area contributed by atoms with Crippen LogP contribution in [0.3, 0.4) is 0 Å². The Labute approximate surface area is 153 Å². The van der Waals surface area contributed by atoms with Crippen molar-refractivity contribution in [3.05, 3.63) is 66.0 Å². The van der Waals surface area contributed by atoms with E-state index in [1.165, 1.54) is 18.2 Å². The third-order valence-corrected chi connectivity index (χ3v) is 3.91. The number of amides is 2. The molecule has 26 heavy (non-hydrogen) atoms. The van der Waals surface area contributed by atoms with Gasteiger partial charge in [0.05, 0.1) is 13.1 Å². The predicted molar refractivity (Wildman–Crippen MR) is 100 cm³/mol. The topological polar surface area (TPSA) is 61.4 Å². The van der Waals surface area contributed by atoms with Gasteiger partial charge in [-0.15, -0.1) is 0 Å². The highest BCUT2D eigenvalue weighted by Crippen LogP contribution is 2.13.